The van der Waals surface area contributed by atoms with Gasteiger partial charge in [-0.2, -0.15) is 0 Å². The molecular formula is C15H24N4O. The van der Waals surface area contributed by atoms with Gasteiger partial charge in [-0.05, 0) is 57.1 Å². The molecule has 2 heterocycles. The Morgan fingerprint density at radius 2 is 2.05 bits per heavy atom. The van der Waals surface area contributed by atoms with Gasteiger partial charge in [0.05, 0.1) is 0 Å². The fourth-order valence-electron chi connectivity index (χ4n) is 2.39. The Morgan fingerprint density at radius 1 is 1.40 bits per heavy atom. The van der Waals surface area contributed by atoms with Crippen LogP contribution < -0.4 is 5.32 Å². The van der Waals surface area contributed by atoms with Gasteiger partial charge >= 0.3 is 6.03 Å². The molecule has 1 aliphatic heterocycles. The first kappa shape index (κ1) is 14.8. The fourth-order valence-corrected chi connectivity index (χ4v) is 2.39. The molecule has 0 aromatic carbocycles. The molecule has 0 saturated carbocycles. The second kappa shape index (κ2) is 7.24. The number of nitrogens with zero attached hydrogens (tertiary/aromatic N) is 3. The van der Waals surface area contributed by atoms with Gasteiger partial charge in [-0.3, -0.25) is 4.98 Å². The molecule has 1 aromatic rings. The summed E-state index contributed by atoms with van der Waals surface area (Å²) in [5.74, 6) is 0. The number of urea groups is 1. The molecule has 110 valence electrons. The summed E-state index contributed by atoms with van der Waals surface area (Å²) in [7, 11) is 3.98. The smallest absolute Gasteiger partial charge is 0.317 e. The van der Waals surface area contributed by atoms with Crippen LogP contribution in [0, 0.1) is 0 Å². The van der Waals surface area contributed by atoms with Crippen LogP contribution in [0.15, 0.2) is 24.5 Å². The van der Waals surface area contributed by atoms with E-state index in [1.807, 2.05) is 19.2 Å². The first-order valence-electron chi connectivity index (χ1n) is 7.24. The normalized spacial score (nSPS) is 16.9. The van der Waals surface area contributed by atoms with Gasteiger partial charge in [-0.15, -0.1) is 0 Å². The van der Waals surface area contributed by atoms with Gasteiger partial charge in [-0.1, -0.05) is 0 Å². The minimum Gasteiger partial charge on any atom is -0.335 e. The van der Waals surface area contributed by atoms with Crippen LogP contribution in [0.3, 0.4) is 0 Å². The third-order valence-corrected chi connectivity index (χ3v) is 3.88. The molecule has 0 bridgehead atoms. The summed E-state index contributed by atoms with van der Waals surface area (Å²) < 4.78 is 0. The standard InChI is InChI=1S/C15H24N4O/c1-18-10-6-14(7-11-18)17-15(20)19(2)12-5-13-3-8-16-9-4-13/h3-4,8-9,14H,5-7,10-12H2,1-2H3,(H,17,20). The number of likely N-dealkylation sites (N-methyl/N-ethyl adjacent to an activating group) is 1. The molecule has 1 N–H and O–H groups in total. The van der Waals surface area contributed by atoms with E-state index in [4.69, 9.17) is 0 Å². The summed E-state index contributed by atoms with van der Waals surface area (Å²) in [6, 6.07) is 4.33. The average Bonchev–Trinajstić information content (AvgIpc) is 2.48. The zero-order valence-corrected chi connectivity index (χ0v) is 12.4. The number of carbonyl (C=O) groups excluding carboxylic acids is 1. The quantitative estimate of drug-likeness (QED) is 0.903. The number of aromatic nitrogens is 1. The first-order valence-corrected chi connectivity index (χ1v) is 7.24. The minimum absolute atomic E-state index is 0.0357. The van der Waals surface area contributed by atoms with E-state index in [1.54, 1.807) is 17.3 Å². The van der Waals surface area contributed by atoms with Gasteiger partial charge in [0.2, 0.25) is 0 Å². The van der Waals surface area contributed by atoms with Gasteiger partial charge in [0.25, 0.3) is 0 Å². The number of nitrogens with one attached hydrogen (secondary N) is 1. The van der Waals surface area contributed by atoms with E-state index in [1.165, 1.54) is 5.56 Å². The number of carbonyl (C=O) groups is 1. The molecule has 0 spiro atoms. The van der Waals surface area contributed by atoms with Crippen molar-refractivity contribution in [1.29, 1.82) is 0 Å². The molecular weight excluding hydrogens is 252 g/mol. The Morgan fingerprint density at radius 3 is 2.70 bits per heavy atom. The molecule has 1 aliphatic rings. The highest BCUT2D eigenvalue weighted by molar-refractivity contribution is 5.74. The summed E-state index contributed by atoms with van der Waals surface area (Å²) in [6.45, 7) is 2.85. The minimum atomic E-state index is 0.0357. The van der Waals surface area contributed by atoms with Crippen LogP contribution in [0.5, 0.6) is 0 Å². The topological polar surface area (TPSA) is 48.5 Å². The number of hydrogen-bond donors (Lipinski definition) is 1. The van der Waals surface area contributed by atoms with E-state index < -0.39 is 0 Å². The molecule has 1 aromatic heterocycles. The second-order valence-electron chi connectivity index (χ2n) is 5.55. The lowest BCUT2D eigenvalue weighted by atomic mass is 10.1. The van der Waals surface area contributed by atoms with Crippen LogP contribution in [0.1, 0.15) is 18.4 Å². The number of rotatable bonds is 4. The average molecular weight is 276 g/mol. The van der Waals surface area contributed by atoms with Gasteiger partial charge in [0.15, 0.2) is 0 Å². The van der Waals surface area contributed by atoms with Crippen molar-refractivity contribution in [3.05, 3.63) is 30.1 Å². The van der Waals surface area contributed by atoms with Crippen molar-refractivity contribution >= 4 is 6.03 Å². The molecule has 1 fully saturated rings. The fraction of sp³-hybridized carbons (Fsp3) is 0.600. The van der Waals surface area contributed by atoms with Gasteiger partial charge in [0, 0.05) is 32.0 Å². The van der Waals surface area contributed by atoms with Crippen LogP contribution in [-0.4, -0.2) is 60.6 Å². The van der Waals surface area contributed by atoms with E-state index in [0.717, 1.165) is 38.9 Å². The maximum Gasteiger partial charge on any atom is 0.317 e. The molecule has 2 rings (SSSR count). The van der Waals surface area contributed by atoms with Crippen LogP contribution in [0.2, 0.25) is 0 Å². The van der Waals surface area contributed by atoms with E-state index >= 15 is 0 Å². The van der Waals surface area contributed by atoms with Crippen LogP contribution in [0.25, 0.3) is 0 Å². The zero-order valence-electron chi connectivity index (χ0n) is 12.4. The molecule has 2 amide bonds. The lowest BCUT2D eigenvalue weighted by Gasteiger charge is -2.30. The number of likely N-dealkylation sites (tertiary alicyclic amines) is 1. The molecule has 20 heavy (non-hydrogen) atoms. The van der Waals surface area contributed by atoms with Crippen molar-refractivity contribution in [2.45, 2.75) is 25.3 Å². The summed E-state index contributed by atoms with van der Waals surface area (Å²) in [6.07, 6.45) is 6.52. The highest BCUT2D eigenvalue weighted by Crippen LogP contribution is 2.08. The Kier molecular flexibility index (Phi) is 5.35. The van der Waals surface area contributed by atoms with Crippen molar-refractivity contribution in [3.8, 4) is 0 Å². The summed E-state index contributed by atoms with van der Waals surface area (Å²) in [4.78, 5) is 20.2. The summed E-state index contributed by atoms with van der Waals surface area (Å²) in [5, 5.41) is 3.12. The van der Waals surface area contributed by atoms with Crippen molar-refractivity contribution in [2.75, 3.05) is 33.7 Å². The van der Waals surface area contributed by atoms with Crippen LogP contribution >= 0.6 is 0 Å². The summed E-state index contributed by atoms with van der Waals surface area (Å²) >= 11 is 0. The van der Waals surface area contributed by atoms with Crippen molar-refractivity contribution in [2.24, 2.45) is 0 Å². The number of hydrogen-bond acceptors (Lipinski definition) is 3. The molecule has 0 radical (unpaired) electrons. The second-order valence-corrected chi connectivity index (χ2v) is 5.55. The maximum absolute atomic E-state index is 12.1. The van der Waals surface area contributed by atoms with E-state index in [-0.39, 0.29) is 6.03 Å². The monoisotopic (exact) mass is 276 g/mol. The lowest BCUT2D eigenvalue weighted by molar-refractivity contribution is 0.190. The molecule has 5 nitrogen and oxygen atoms in total. The molecule has 0 aliphatic carbocycles. The Bertz CT molecular complexity index is 415. The van der Waals surface area contributed by atoms with E-state index in [2.05, 4.69) is 22.2 Å². The van der Waals surface area contributed by atoms with Gasteiger partial charge in [-0.25, -0.2) is 4.79 Å². The van der Waals surface area contributed by atoms with Crippen molar-refractivity contribution in [3.63, 3.8) is 0 Å². The third-order valence-electron chi connectivity index (χ3n) is 3.88. The first-order chi connectivity index (χ1) is 9.65. The van der Waals surface area contributed by atoms with E-state index in [0.29, 0.717) is 6.04 Å². The Labute approximate surface area is 121 Å². The molecule has 0 atom stereocenters. The van der Waals surface area contributed by atoms with Crippen LogP contribution in [0.4, 0.5) is 4.79 Å². The van der Waals surface area contributed by atoms with Gasteiger partial charge < -0.3 is 15.1 Å². The number of piperidine rings is 1. The van der Waals surface area contributed by atoms with Crippen molar-refractivity contribution < 1.29 is 4.79 Å². The number of pyridine rings is 1. The SMILES string of the molecule is CN1CCC(NC(=O)N(C)CCc2ccncc2)CC1. The summed E-state index contributed by atoms with van der Waals surface area (Å²) in [5.41, 5.74) is 1.21. The predicted molar refractivity (Wildman–Crippen MR) is 79.6 cm³/mol. The number of amides is 2. The molecule has 0 unspecified atom stereocenters. The van der Waals surface area contributed by atoms with Gasteiger partial charge in [0.1, 0.15) is 0 Å². The molecule has 1 saturated heterocycles. The highest BCUT2D eigenvalue weighted by Gasteiger charge is 2.19. The lowest BCUT2D eigenvalue weighted by Crippen LogP contribution is -2.48. The predicted octanol–water partition coefficient (Wildman–Crippen LogP) is 1.36. The maximum atomic E-state index is 12.1. The molecule has 5 heteroatoms. The Hall–Kier alpha value is -1.62. The third kappa shape index (κ3) is 4.49. The van der Waals surface area contributed by atoms with E-state index in [9.17, 15) is 4.79 Å². The van der Waals surface area contributed by atoms with Crippen LogP contribution in [-0.2, 0) is 6.42 Å². The largest absolute Gasteiger partial charge is 0.335 e. The van der Waals surface area contributed by atoms with Crippen molar-refractivity contribution in [1.82, 2.24) is 20.1 Å². The Balaban J connectivity index is 1.72. The highest BCUT2D eigenvalue weighted by atomic mass is 16.2. The zero-order chi connectivity index (χ0) is 14.4.